The average Bonchev–Trinajstić information content (AvgIpc) is 2.38. The second kappa shape index (κ2) is 8.48. The zero-order chi connectivity index (χ0) is 13.2. The molecular formula is C15H22N2O. The van der Waals surface area contributed by atoms with Gasteiger partial charge in [0, 0.05) is 12.6 Å². The SMILES string of the molecule is Cc1ccc(/C=C/C(=O)NCCCCCN)cc1. The summed E-state index contributed by atoms with van der Waals surface area (Å²) in [7, 11) is 0. The predicted octanol–water partition coefficient (Wildman–Crippen LogP) is 2.25. The van der Waals surface area contributed by atoms with Gasteiger partial charge in [0.15, 0.2) is 0 Å². The second-order valence-electron chi connectivity index (χ2n) is 4.38. The Labute approximate surface area is 109 Å². The van der Waals surface area contributed by atoms with E-state index in [1.165, 1.54) is 5.56 Å². The van der Waals surface area contributed by atoms with Gasteiger partial charge in [0.25, 0.3) is 0 Å². The van der Waals surface area contributed by atoms with Gasteiger partial charge in [-0.1, -0.05) is 36.2 Å². The minimum absolute atomic E-state index is 0.0386. The summed E-state index contributed by atoms with van der Waals surface area (Å²) in [5.41, 5.74) is 7.65. The molecule has 0 atom stereocenters. The van der Waals surface area contributed by atoms with Crippen LogP contribution >= 0.6 is 0 Å². The minimum Gasteiger partial charge on any atom is -0.353 e. The fraction of sp³-hybridized carbons (Fsp3) is 0.400. The zero-order valence-corrected chi connectivity index (χ0v) is 11.0. The molecule has 1 amide bonds. The van der Waals surface area contributed by atoms with Crippen molar-refractivity contribution in [2.24, 2.45) is 5.73 Å². The molecule has 0 aromatic heterocycles. The molecule has 3 N–H and O–H groups in total. The van der Waals surface area contributed by atoms with Crippen LogP contribution in [0.4, 0.5) is 0 Å². The van der Waals surface area contributed by atoms with Crippen LogP contribution in [0.1, 0.15) is 30.4 Å². The minimum atomic E-state index is -0.0386. The van der Waals surface area contributed by atoms with E-state index in [-0.39, 0.29) is 5.91 Å². The molecule has 0 aliphatic heterocycles. The van der Waals surface area contributed by atoms with Crippen LogP contribution in [-0.4, -0.2) is 19.0 Å². The van der Waals surface area contributed by atoms with Gasteiger partial charge in [0.05, 0.1) is 0 Å². The summed E-state index contributed by atoms with van der Waals surface area (Å²) < 4.78 is 0. The Hall–Kier alpha value is -1.61. The monoisotopic (exact) mass is 246 g/mol. The van der Waals surface area contributed by atoms with E-state index in [9.17, 15) is 4.79 Å². The third kappa shape index (κ3) is 6.21. The van der Waals surface area contributed by atoms with Crippen LogP contribution in [0.5, 0.6) is 0 Å². The van der Waals surface area contributed by atoms with Crippen LogP contribution in [0.25, 0.3) is 6.08 Å². The van der Waals surface area contributed by atoms with Crippen molar-refractivity contribution < 1.29 is 4.79 Å². The highest BCUT2D eigenvalue weighted by Crippen LogP contribution is 2.04. The van der Waals surface area contributed by atoms with Crippen LogP contribution in [0.2, 0.25) is 0 Å². The van der Waals surface area contributed by atoms with E-state index >= 15 is 0 Å². The van der Waals surface area contributed by atoms with E-state index in [0.29, 0.717) is 0 Å². The van der Waals surface area contributed by atoms with Gasteiger partial charge in [-0.15, -0.1) is 0 Å². The molecule has 0 aliphatic rings. The zero-order valence-electron chi connectivity index (χ0n) is 11.0. The second-order valence-corrected chi connectivity index (χ2v) is 4.38. The number of hydrogen-bond donors (Lipinski definition) is 2. The van der Waals surface area contributed by atoms with Gasteiger partial charge in [-0.2, -0.15) is 0 Å². The highest BCUT2D eigenvalue weighted by atomic mass is 16.1. The fourth-order valence-electron chi connectivity index (χ4n) is 1.57. The summed E-state index contributed by atoms with van der Waals surface area (Å²) in [5.74, 6) is -0.0386. The van der Waals surface area contributed by atoms with Crippen LogP contribution < -0.4 is 11.1 Å². The normalized spacial score (nSPS) is 10.8. The summed E-state index contributed by atoms with van der Waals surface area (Å²) in [6, 6.07) is 8.06. The third-order valence-electron chi connectivity index (χ3n) is 2.68. The van der Waals surface area contributed by atoms with E-state index in [1.54, 1.807) is 6.08 Å². The van der Waals surface area contributed by atoms with Gasteiger partial charge >= 0.3 is 0 Å². The van der Waals surface area contributed by atoms with Crippen LogP contribution in [0.15, 0.2) is 30.3 Å². The van der Waals surface area contributed by atoms with Gasteiger partial charge in [0.1, 0.15) is 0 Å². The van der Waals surface area contributed by atoms with Gasteiger partial charge in [-0.25, -0.2) is 0 Å². The number of benzene rings is 1. The number of carbonyl (C=O) groups excluding carboxylic acids is 1. The molecule has 98 valence electrons. The fourth-order valence-corrected chi connectivity index (χ4v) is 1.57. The Balaban J connectivity index is 2.25. The highest BCUT2D eigenvalue weighted by molar-refractivity contribution is 5.91. The molecule has 0 saturated heterocycles. The molecule has 0 bridgehead atoms. The van der Waals surface area contributed by atoms with E-state index in [1.807, 2.05) is 37.3 Å². The molecule has 0 radical (unpaired) electrons. The van der Waals surface area contributed by atoms with Gasteiger partial charge in [-0.05, 0) is 37.9 Å². The van der Waals surface area contributed by atoms with Crippen LogP contribution in [0.3, 0.4) is 0 Å². The van der Waals surface area contributed by atoms with Crippen LogP contribution in [-0.2, 0) is 4.79 Å². The van der Waals surface area contributed by atoms with Crippen molar-refractivity contribution in [3.05, 3.63) is 41.5 Å². The quantitative estimate of drug-likeness (QED) is 0.572. The first kappa shape index (κ1) is 14.5. The Kier molecular flexibility index (Phi) is 6.81. The molecule has 0 unspecified atom stereocenters. The molecule has 0 saturated carbocycles. The smallest absolute Gasteiger partial charge is 0.243 e. The predicted molar refractivity (Wildman–Crippen MR) is 76.1 cm³/mol. The lowest BCUT2D eigenvalue weighted by Gasteiger charge is -2.01. The molecule has 0 spiro atoms. The van der Waals surface area contributed by atoms with Crippen LogP contribution in [0, 0.1) is 6.92 Å². The van der Waals surface area contributed by atoms with E-state index < -0.39 is 0 Å². The van der Waals surface area contributed by atoms with Crippen molar-refractivity contribution in [1.82, 2.24) is 5.32 Å². The summed E-state index contributed by atoms with van der Waals surface area (Å²) in [4.78, 5) is 11.5. The maximum Gasteiger partial charge on any atom is 0.243 e. The standard InChI is InChI=1S/C15H22N2O/c1-13-5-7-14(8-6-13)9-10-15(18)17-12-4-2-3-11-16/h5-10H,2-4,11-12,16H2,1H3,(H,17,18)/b10-9+. The van der Waals surface area contributed by atoms with Crippen molar-refractivity contribution in [2.45, 2.75) is 26.2 Å². The Morgan fingerprint density at radius 2 is 1.94 bits per heavy atom. The molecule has 1 aromatic carbocycles. The molecule has 1 aromatic rings. The number of carbonyl (C=O) groups is 1. The number of aryl methyl sites for hydroxylation is 1. The van der Waals surface area contributed by atoms with E-state index in [4.69, 9.17) is 5.73 Å². The first-order valence-corrected chi connectivity index (χ1v) is 6.45. The first-order chi connectivity index (χ1) is 8.72. The summed E-state index contributed by atoms with van der Waals surface area (Å²) in [6.45, 7) is 3.49. The van der Waals surface area contributed by atoms with Gasteiger partial charge in [0.2, 0.25) is 5.91 Å². The van der Waals surface area contributed by atoms with Gasteiger partial charge < -0.3 is 11.1 Å². The lowest BCUT2D eigenvalue weighted by Crippen LogP contribution is -2.22. The number of nitrogens with one attached hydrogen (secondary N) is 1. The Morgan fingerprint density at radius 1 is 1.22 bits per heavy atom. The molecular weight excluding hydrogens is 224 g/mol. The topological polar surface area (TPSA) is 55.1 Å². The Bertz CT molecular complexity index is 382. The molecule has 0 fully saturated rings. The summed E-state index contributed by atoms with van der Waals surface area (Å²) in [6.07, 6.45) is 6.48. The number of unbranched alkanes of at least 4 members (excludes halogenated alkanes) is 2. The molecule has 3 nitrogen and oxygen atoms in total. The van der Waals surface area contributed by atoms with Gasteiger partial charge in [-0.3, -0.25) is 4.79 Å². The van der Waals surface area contributed by atoms with E-state index in [2.05, 4.69) is 5.32 Å². The third-order valence-corrected chi connectivity index (χ3v) is 2.68. The van der Waals surface area contributed by atoms with Crippen molar-refractivity contribution in [2.75, 3.05) is 13.1 Å². The lowest BCUT2D eigenvalue weighted by atomic mass is 10.1. The summed E-state index contributed by atoms with van der Waals surface area (Å²) >= 11 is 0. The number of rotatable bonds is 7. The average molecular weight is 246 g/mol. The lowest BCUT2D eigenvalue weighted by molar-refractivity contribution is -0.116. The first-order valence-electron chi connectivity index (χ1n) is 6.45. The van der Waals surface area contributed by atoms with Crippen molar-refractivity contribution >= 4 is 12.0 Å². The molecule has 0 aliphatic carbocycles. The molecule has 18 heavy (non-hydrogen) atoms. The maximum atomic E-state index is 11.5. The highest BCUT2D eigenvalue weighted by Gasteiger charge is 1.94. The number of nitrogens with two attached hydrogens (primary N) is 1. The van der Waals surface area contributed by atoms with Crippen molar-refractivity contribution in [3.8, 4) is 0 Å². The largest absolute Gasteiger partial charge is 0.353 e. The molecule has 1 rings (SSSR count). The number of hydrogen-bond acceptors (Lipinski definition) is 2. The molecule has 3 heteroatoms. The molecule has 0 heterocycles. The maximum absolute atomic E-state index is 11.5. The summed E-state index contributed by atoms with van der Waals surface area (Å²) in [5, 5.41) is 2.86. The van der Waals surface area contributed by atoms with E-state index in [0.717, 1.165) is 37.9 Å². The number of amides is 1. The Morgan fingerprint density at radius 3 is 2.61 bits per heavy atom. The van der Waals surface area contributed by atoms with Crippen molar-refractivity contribution in [3.63, 3.8) is 0 Å². The van der Waals surface area contributed by atoms with Crippen molar-refractivity contribution in [1.29, 1.82) is 0 Å².